The molecular formula is C17H31N3O3. The van der Waals surface area contributed by atoms with E-state index in [1.165, 1.54) is 0 Å². The molecular weight excluding hydrogens is 294 g/mol. The fourth-order valence-corrected chi connectivity index (χ4v) is 3.46. The first kappa shape index (κ1) is 18.0. The molecule has 1 saturated carbocycles. The van der Waals surface area contributed by atoms with Gasteiger partial charge in [0.1, 0.15) is 0 Å². The third-order valence-corrected chi connectivity index (χ3v) is 4.73. The maximum Gasteiger partial charge on any atom is 0.310 e. The second-order valence-corrected chi connectivity index (χ2v) is 6.64. The second-order valence-electron chi connectivity index (χ2n) is 6.64. The maximum absolute atomic E-state index is 12.0. The van der Waals surface area contributed by atoms with Gasteiger partial charge in [0.25, 0.3) is 0 Å². The number of likely N-dealkylation sites (tertiary alicyclic amines) is 1. The maximum atomic E-state index is 12.0. The second kappa shape index (κ2) is 8.52. The molecule has 2 fully saturated rings. The summed E-state index contributed by atoms with van der Waals surface area (Å²) >= 11 is 0. The number of piperidine rings is 1. The molecule has 1 atom stereocenters. The Morgan fingerprint density at radius 2 is 2.09 bits per heavy atom. The van der Waals surface area contributed by atoms with Crippen LogP contribution in [0.2, 0.25) is 0 Å². The van der Waals surface area contributed by atoms with E-state index in [9.17, 15) is 9.90 Å². The van der Waals surface area contributed by atoms with Gasteiger partial charge in [0.05, 0.1) is 24.7 Å². The molecule has 2 rings (SSSR count). The molecule has 132 valence electrons. The number of rotatable bonds is 5. The van der Waals surface area contributed by atoms with Crippen LogP contribution in [0.15, 0.2) is 4.99 Å². The molecule has 0 aromatic heterocycles. The van der Waals surface area contributed by atoms with Crippen molar-refractivity contribution in [1.29, 1.82) is 0 Å². The smallest absolute Gasteiger partial charge is 0.310 e. The number of carbonyl (C=O) groups is 1. The number of nitrogens with one attached hydrogen (secondary N) is 1. The summed E-state index contributed by atoms with van der Waals surface area (Å²) in [6, 6.07) is 0. The minimum absolute atomic E-state index is 0.0814. The predicted octanol–water partition coefficient (Wildman–Crippen LogP) is 1.53. The minimum atomic E-state index is -0.642. The van der Waals surface area contributed by atoms with Gasteiger partial charge in [-0.3, -0.25) is 9.79 Å². The molecule has 1 saturated heterocycles. The molecule has 0 amide bonds. The van der Waals surface area contributed by atoms with Crippen molar-refractivity contribution in [2.45, 2.75) is 58.0 Å². The highest BCUT2D eigenvalue weighted by molar-refractivity contribution is 5.81. The normalized spacial score (nSPS) is 24.6. The highest BCUT2D eigenvalue weighted by Crippen LogP contribution is 2.29. The van der Waals surface area contributed by atoms with E-state index >= 15 is 0 Å². The fraction of sp³-hybridized carbons (Fsp3) is 0.882. The van der Waals surface area contributed by atoms with Crippen LogP contribution in [-0.4, -0.2) is 60.3 Å². The van der Waals surface area contributed by atoms with Gasteiger partial charge in [-0.15, -0.1) is 0 Å². The van der Waals surface area contributed by atoms with Gasteiger partial charge < -0.3 is 20.1 Å². The van der Waals surface area contributed by atoms with Crippen LogP contribution in [0.4, 0.5) is 0 Å². The lowest BCUT2D eigenvalue weighted by Crippen LogP contribution is -2.49. The number of ether oxygens (including phenoxy) is 1. The van der Waals surface area contributed by atoms with Crippen LogP contribution in [0.25, 0.3) is 0 Å². The van der Waals surface area contributed by atoms with Crippen molar-refractivity contribution in [2.24, 2.45) is 10.9 Å². The van der Waals surface area contributed by atoms with Gasteiger partial charge >= 0.3 is 5.97 Å². The zero-order chi connectivity index (χ0) is 16.7. The molecule has 1 heterocycles. The van der Waals surface area contributed by atoms with E-state index in [4.69, 9.17) is 4.74 Å². The predicted molar refractivity (Wildman–Crippen MR) is 90.3 cm³/mol. The van der Waals surface area contributed by atoms with Crippen molar-refractivity contribution in [3.63, 3.8) is 0 Å². The SMILES string of the molecule is CCNC(=NCC1(O)CCCC1)N1CCCC(C(=O)OCC)C1. The standard InChI is InChI=1S/C17H31N3O3/c1-3-18-16(19-13-17(22)9-5-6-10-17)20-11-7-8-14(12-20)15(21)23-4-2/h14,22H,3-13H2,1-2H3,(H,18,19). The van der Waals surface area contributed by atoms with Gasteiger partial charge in [-0.25, -0.2) is 0 Å². The van der Waals surface area contributed by atoms with Crippen LogP contribution in [0.3, 0.4) is 0 Å². The first-order chi connectivity index (χ1) is 11.1. The molecule has 0 aromatic rings. The van der Waals surface area contributed by atoms with Gasteiger partial charge in [-0.1, -0.05) is 12.8 Å². The molecule has 0 aromatic carbocycles. The summed E-state index contributed by atoms with van der Waals surface area (Å²) in [5, 5.41) is 13.8. The van der Waals surface area contributed by atoms with Crippen LogP contribution >= 0.6 is 0 Å². The molecule has 1 aliphatic carbocycles. The molecule has 23 heavy (non-hydrogen) atoms. The van der Waals surface area contributed by atoms with Crippen LogP contribution < -0.4 is 5.32 Å². The Morgan fingerprint density at radius 3 is 2.74 bits per heavy atom. The van der Waals surface area contributed by atoms with Crippen LogP contribution in [-0.2, 0) is 9.53 Å². The Morgan fingerprint density at radius 1 is 1.35 bits per heavy atom. The fourth-order valence-electron chi connectivity index (χ4n) is 3.46. The molecule has 0 bridgehead atoms. The van der Waals surface area contributed by atoms with Gasteiger partial charge in [-0.2, -0.15) is 0 Å². The van der Waals surface area contributed by atoms with Crippen molar-refractivity contribution >= 4 is 11.9 Å². The number of nitrogens with zero attached hydrogens (tertiary/aromatic N) is 2. The van der Waals surface area contributed by atoms with Crippen LogP contribution in [0.5, 0.6) is 0 Å². The lowest BCUT2D eigenvalue weighted by Gasteiger charge is -2.34. The molecule has 2 N–H and O–H groups in total. The van der Waals surface area contributed by atoms with E-state index in [1.54, 1.807) is 0 Å². The van der Waals surface area contributed by atoms with Crippen molar-refractivity contribution in [3.05, 3.63) is 0 Å². The number of carbonyl (C=O) groups excluding carboxylic acids is 1. The third-order valence-electron chi connectivity index (χ3n) is 4.73. The number of esters is 1. The summed E-state index contributed by atoms with van der Waals surface area (Å²) in [6.07, 6.45) is 5.66. The average Bonchev–Trinajstić information content (AvgIpc) is 2.99. The third kappa shape index (κ3) is 5.09. The summed E-state index contributed by atoms with van der Waals surface area (Å²) < 4.78 is 5.16. The Bertz CT molecular complexity index is 419. The van der Waals surface area contributed by atoms with Crippen molar-refractivity contribution < 1.29 is 14.6 Å². The molecule has 0 spiro atoms. The summed E-state index contributed by atoms with van der Waals surface area (Å²) in [5.74, 6) is 0.617. The first-order valence-electron chi connectivity index (χ1n) is 9.00. The Labute approximate surface area is 139 Å². The zero-order valence-corrected chi connectivity index (χ0v) is 14.5. The molecule has 1 aliphatic heterocycles. The van der Waals surface area contributed by atoms with Crippen molar-refractivity contribution in [1.82, 2.24) is 10.2 Å². The Balaban J connectivity index is 1.99. The van der Waals surface area contributed by atoms with E-state index in [1.807, 2.05) is 13.8 Å². The Hall–Kier alpha value is -1.30. The molecule has 6 heteroatoms. The largest absolute Gasteiger partial charge is 0.466 e. The van der Waals surface area contributed by atoms with Gasteiger partial charge in [-0.05, 0) is 39.5 Å². The van der Waals surface area contributed by atoms with Gasteiger partial charge in [0.15, 0.2) is 5.96 Å². The topological polar surface area (TPSA) is 74.2 Å². The summed E-state index contributed by atoms with van der Waals surface area (Å²) in [5.41, 5.74) is -0.642. The Kier molecular flexibility index (Phi) is 6.69. The number of hydrogen-bond donors (Lipinski definition) is 2. The quantitative estimate of drug-likeness (QED) is 0.455. The van der Waals surface area contributed by atoms with E-state index in [2.05, 4.69) is 15.2 Å². The molecule has 0 radical (unpaired) electrons. The van der Waals surface area contributed by atoms with E-state index < -0.39 is 5.60 Å². The number of hydrogen-bond acceptors (Lipinski definition) is 4. The van der Waals surface area contributed by atoms with Crippen LogP contribution in [0, 0.1) is 5.92 Å². The first-order valence-corrected chi connectivity index (χ1v) is 9.00. The number of guanidine groups is 1. The lowest BCUT2D eigenvalue weighted by molar-refractivity contribution is -0.149. The van der Waals surface area contributed by atoms with Crippen LogP contribution in [0.1, 0.15) is 52.4 Å². The molecule has 6 nitrogen and oxygen atoms in total. The lowest BCUT2D eigenvalue weighted by atomic mass is 9.98. The summed E-state index contributed by atoms with van der Waals surface area (Å²) in [6.45, 7) is 7.05. The van der Waals surface area contributed by atoms with E-state index in [0.29, 0.717) is 19.7 Å². The van der Waals surface area contributed by atoms with E-state index in [0.717, 1.165) is 57.6 Å². The number of aliphatic imine (C=N–C) groups is 1. The highest BCUT2D eigenvalue weighted by atomic mass is 16.5. The minimum Gasteiger partial charge on any atom is -0.466 e. The zero-order valence-electron chi connectivity index (χ0n) is 14.5. The molecule has 2 aliphatic rings. The van der Waals surface area contributed by atoms with Crippen molar-refractivity contribution in [2.75, 3.05) is 32.8 Å². The average molecular weight is 325 g/mol. The van der Waals surface area contributed by atoms with E-state index in [-0.39, 0.29) is 11.9 Å². The summed E-state index contributed by atoms with van der Waals surface area (Å²) in [4.78, 5) is 18.8. The van der Waals surface area contributed by atoms with Gasteiger partial charge in [0.2, 0.25) is 0 Å². The molecule has 1 unspecified atom stereocenters. The highest BCUT2D eigenvalue weighted by Gasteiger charge is 2.32. The monoisotopic (exact) mass is 325 g/mol. The van der Waals surface area contributed by atoms with Gasteiger partial charge in [0, 0.05) is 19.6 Å². The van der Waals surface area contributed by atoms with Crippen molar-refractivity contribution in [3.8, 4) is 0 Å². The summed E-state index contributed by atoms with van der Waals surface area (Å²) in [7, 11) is 0. The number of aliphatic hydroxyl groups is 1.